The van der Waals surface area contributed by atoms with E-state index in [2.05, 4.69) is 39.4 Å². The van der Waals surface area contributed by atoms with Gasteiger partial charge in [0.05, 0.1) is 11.9 Å². The first-order valence-electron chi connectivity index (χ1n) is 9.80. The van der Waals surface area contributed by atoms with Gasteiger partial charge in [-0.1, -0.05) is 18.2 Å². The van der Waals surface area contributed by atoms with Gasteiger partial charge in [-0.05, 0) is 49.5 Å². The summed E-state index contributed by atoms with van der Waals surface area (Å²) in [5.41, 5.74) is 3.84. The van der Waals surface area contributed by atoms with Crippen molar-refractivity contribution < 1.29 is 4.79 Å². The fourth-order valence-corrected chi connectivity index (χ4v) is 3.32. The summed E-state index contributed by atoms with van der Waals surface area (Å²) in [6.07, 6.45) is 6.92. The fourth-order valence-electron chi connectivity index (χ4n) is 3.32. The Kier molecular flexibility index (Phi) is 5.72. The number of para-hydroxylation sites is 1. The highest BCUT2D eigenvalue weighted by Crippen LogP contribution is 2.19. The number of aromatic nitrogens is 2. The second-order valence-corrected chi connectivity index (χ2v) is 7.21. The van der Waals surface area contributed by atoms with E-state index in [1.54, 1.807) is 17.0 Å². The van der Waals surface area contributed by atoms with Crippen LogP contribution in [-0.4, -0.2) is 53.8 Å². The summed E-state index contributed by atoms with van der Waals surface area (Å²) in [6.45, 7) is 4.21. The van der Waals surface area contributed by atoms with Crippen LogP contribution in [0.25, 0.3) is 11.8 Å². The molecule has 148 valence electrons. The minimum Gasteiger partial charge on any atom is -0.369 e. The molecule has 6 heteroatoms. The van der Waals surface area contributed by atoms with Gasteiger partial charge in [0.2, 0.25) is 5.91 Å². The minimum atomic E-state index is -0.162. The predicted octanol–water partition coefficient (Wildman–Crippen LogP) is 3.28. The molecule has 1 amide bonds. The van der Waals surface area contributed by atoms with Crippen LogP contribution in [0.15, 0.2) is 73.1 Å². The summed E-state index contributed by atoms with van der Waals surface area (Å²) in [5.74, 6) is -0.162. The first-order chi connectivity index (χ1) is 14.2. The van der Waals surface area contributed by atoms with Gasteiger partial charge in [-0.15, -0.1) is 0 Å². The van der Waals surface area contributed by atoms with Gasteiger partial charge >= 0.3 is 0 Å². The number of amides is 1. The van der Waals surface area contributed by atoms with Crippen molar-refractivity contribution in [2.45, 2.75) is 0 Å². The molecule has 1 aromatic heterocycles. The van der Waals surface area contributed by atoms with Crippen molar-refractivity contribution in [2.24, 2.45) is 0 Å². The maximum atomic E-state index is 12.2. The molecule has 1 fully saturated rings. The van der Waals surface area contributed by atoms with E-state index in [4.69, 9.17) is 0 Å². The fraction of sp³-hybridized carbons (Fsp3) is 0.217. The highest BCUT2D eigenvalue weighted by molar-refractivity contribution is 6.01. The molecular formula is C23H25N5O. The van der Waals surface area contributed by atoms with Gasteiger partial charge in [-0.3, -0.25) is 4.79 Å². The van der Waals surface area contributed by atoms with Crippen LogP contribution in [0, 0.1) is 0 Å². The van der Waals surface area contributed by atoms with Gasteiger partial charge in [0, 0.05) is 55.4 Å². The average molecular weight is 387 g/mol. The standard InChI is InChI=1S/C23H25N5O/c1-26-13-15-27(16-14-26)21-10-8-20(9-11-21)25-23(29)12-7-19-17-24-28(18-19)22-5-3-2-4-6-22/h2-12,17-18H,13-16H2,1H3,(H,25,29)/b12-7+. The number of hydrogen-bond acceptors (Lipinski definition) is 4. The largest absolute Gasteiger partial charge is 0.369 e. The lowest BCUT2D eigenvalue weighted by molar-refractivity contribution is -0.111. The molecule has 0 bridgehead atoms. The highest BCUT2D eigenvalue weighted by Gasteiger charge is 2.14. The SMILES string of the molecule is CN1CCN(c2ccc(NC(=O)/C=C/c3cnn(-c4ccccc4)c3)cc2)CC1. The molecule has 0 spiro atoms. The van der Waals surface area contributed by atoms with E-state index in [0.29, 0.717) is 0 Å². The van der Waals surface area contributed by atoms with Crippen molar-refractivity contribution in [2.75, 3.05) is 43.4 Å². The van der Waals surface area contributed by atoms with Gasteiger partial charge in [0.25, 0.3) is 0 Å². The zero-order valence-corrected chi connectivity index (χ0v) is 16.5. The molecule has 0 aliphatic carbocycles. The molecule has 0 atom stereocenters. The molecule has 1 saturated heterocycles. The smallest absolute Gasteiger partial charge is 0.248 e. The number of piperazine rings is 1. The zero-order valence-electron chi connectivity index (χ0n) is 16.5. The monoisotopic (exact) mass is 387 g/mol. The third-order valence-corrected chi connectivity index (χ3v) is 5.05. The van der Waals surface area contributed by atoms with Crippen molar-refractivity contribution in [3.63, 3.8) is 0 Å². The van der Waals surface area contributed by atoms with E-state index in [9.17, 15) is 4.79 Å². The third kappa shape index (κ3) is 4.92. The lowest BCUT2D eigenvalue weighted by Crippen LogP contribution is -2.44. The minimum absolute atomic E-state index is 0.162. The summed E-state index contributed by atoms with van der Waals surface area (Å²) in [6, 6.07) is 17.9. The summed E-state index contributed by atoms with van der Waals surface area (Å²) in [7, 11) is 2.15. The Balaban J connectivity index is 1.33. The second-order valence-electron chi connectivity index (χ2n) is 7.21. The lowest BCUT2D eigenvalue weighted by Gasteiger charge is -2.34. The number of likely N-dealkylation sites (N-methyl/N-ethyl adjacent to an activating group) is 1. The van der Waals surface area contributed by atoms with Gasteiger partial charge in [0.1, 0.15) is 0 Å². The number of carbonyl (C=O) groups excluding carboxylic acids is 1. The summed E-state index contributed by atoms with van der Waals surface area (Å²) in [5, 5.41) is 7.24. The molecular weight excluding hydrogens is 362 g/mol. The quantitative estimate of drug-likeness (QED) is 0.683. The molecule has 2 aromatic carbocycles. The number of carbonyl (C=O) groups is 1. The Morgan fingerprint density at radius 2 is 1.69 bits per heavy atom. The van der Waals surface area contributed by atoms with E-state index in [1.165, 1.54) is 11.8 Å². The average Bonchev–Trinajstić information content (AvgIpc) is 3.23. The van der Waals surface area contributed by atoms with Gasteiger partial charge < -0.3 is 15.1 Å². The Morgan fingerprint density at radius 1 is 0.966 bits per heavy atom. The molecule has 1 aliphatic heterocycles. The van der Waals surface area contributed by atoms with Gasteiger partial charge in [-0.2, -0.15) is 5.10 Å². The predicted molar refractivity (Wildman–Crippen MR) is 117 cm³/mol. The Morgan fingerprint density at radius 3 is 2.41 bits per heavy atom. The summed E-state index contributed by atoms with van der Waals surface area (Å²) >= 11 is 0. The molecule has 4 rings (SSSR count). The van der Waals surface area contributed by atoms with E-state index < -0.39 is 0 Å². The zero-order chi connectivity index (χ0) is 20.1. The van der Waals surface area contributed by atoms with Gasteiger partial charge in [0.15, 0.2) is 0 Å². The van der Waals surface area contributed by atoms with E-state index in [1.807, 2.05) is 48.7 Å². The molecule has 0 radical (unpaired) electrons. The van der Waals surface area contributed by atoms with Crippen LogP contribution in [0.5, 0.6) is 0 Å². The topological polar surface area (TPSA) is 53.4 Å². The van der Waals surface area contributed by atoms with Crippen molar-refractivity contribution in [3.05, 3.63) is 78.6 Å². The molecule has 3 aromatic rings. The Labute approximate surface area is 171 Å². The van der Waals surface area contributed by atoms with Crippen molar-refractivity contribution in [1.82, 2.24) is 14.7 Å². The van der Waals surface area contributed by atoms with Crippen LogP contribution in [-0.2, 0) is 4.79 Å². The number of benzene rings is 2. The summed E-state index contributed by atoms with van der Waals surface area (Å²) in [4.78, 5) is 16.9. The number of nitrogens with one attached hydrogen (secondary N) is 1. The van der Waals surface area contributed by atoms with Crippen LogP contribution >= 0.6 is 0 Å². The molecule has 6 nitrogen and oxygen atoms in total. The van der Waals surface area contributed by atoms with Gasteiger partial charge in [-0.25, -0.2) is 4.68 Å². The molecule has 29 heavy (non-hydrogen) atoms. The van der Waals surface area contributed by atoms with Crippen LogP contribution in [0.4, 0.5) is 11.4 Å². The van der Waals surface area contributed by atoms with E-state index in [0.717, 1.165) is 43.1 Å². The van der Waals surface area contributed by atoms with Crippen LogP contribution < -0.4 is 10.2 Å². The maximum Gasteiger partial charge on any atom is 0.248 e. The lowest BCUT2D eigenvalue weighted by atomic mass is 10.2. The van der Waals surface area contributed by atoms with Crippen molar-refractivity contribution in [1.29, 1.82) is 0 Å². The first kappa shape index (κ1) is 19.0. The molecule has 0 saturated carbocycles. The number of nitrogens with zero attached hydrogens (tertiary/aromatic N) is 4. The second kappa shape index (κ2) is 8.75. The molecule has 0 unspecified atom stereocenters. The highest BCUT2D eigenvalue weighted by atomic mass is 16.1. The van der Waals surface area contributed by atoms with Crippen LogP contribution in [0.2, 0.25) is 0 Å². The third-order valence-electron chi connectivity index (χ3n) is 5.05. The molecule has 1 aliphatic rings. The number of anilines is 2. The van der Waals surface area contributed by atoms with Crippen LogP contribution in [0.3, 0.4) is 0 Å². The first-order valence-corrected chi connectivity index (χ1v) is 9.80. The normalized spacial score (nSPS) is 15.0. The Hall–Kier alpha value is -3.38. The number of hydrogen-bond donors (Lipinski definition) is 1. The molecule has 2 heterocycles. The summed E-state index contributed by atoms with van der Waals surface area (Å²) < 4.78 is 1.79. The molecule has 1 N–H and O–H groups in total. The van der Waals surface area contributed by atoms with E-state index in [-0.39, 0.29) is 5.91 Å². The maximum absolute atomic E-state index is 12.2. The van der Waals surface area contributed by atoms with Crippen molar-refractivity contribution >= 4 is 23.4 Å². The number of rotatable bonds is 5. The van der Waals surface area contributed by atoms with Crippen molar-refractivity contribution in [3.8, 4) is 5.69 Å². The Bertz CT molecular complexity index is 970. The van der Waals surface area contributed by atoms with Crippen LogP contribution in [0.1, 0.15) is 5.56 Å². The van der Waals surface area contributed by atoms with E-state index >= 15 is 0 Å².